The van der Waals surface area contributed by atoms with Gasteiger partial charge in [-0.3, -0.25) is 19.3 Å². The van der Waals surface area contributed by atoms with Crippen molar-refractivity contribution >= 4 is 43.5 Å². The monoisotopic (exact) mass is 468 g/mol. The number of carbonyl (C=O) groups excluding carboxylic acids is 3. The number of amides is 3. The van der Waals surface area contributed by atoms with E-state index < -0.39 is 9.84 Å². The lowest BCUT2D eigenvalue weighted by Crippen LogP contribution is -2.41. The highest BCUT2D eigenvalue weighted by atomic mass is 79.9. The van der Waals surface area contributed by atoms with Crippen LogP contribution in [0.2, 0.25) is 0 Å². The zero-order valence-corrected chi connectivity index (χ0v) is 17.7. The fourth-order valence-electron chi connectivity index (χ4n) is 3.61. The molecule has 7 nitrogen and oxygen atoms in total. The number of sulfone groups is 1. The molecule has 2 heterocycles. The number of fused-ring (bicyclic) bond motifs is 1. The molecule has 150 valence electrons. The van der Waals surface area contributed by atoms with Crippen LogP contribution in [0.5, 0.6) is 0 Å². The van der Waals surface area contributed by atoms with Gasteiger partial charge in [-0.25, -0.2) is 8.42 Å². The summed E-state index contributed by atoms with van der Waals surface area (Å²) in [4.78, 5) is 40.2. The summed E-state index contributed by atoms with van der Waals surface area (Å²) in [6.45, 7) is 4.06. The van der Waals surface area contributed by atoms with Crippen molar-refractivity contribution < 1.29 is 22.8 Å². The maximum Gasteiger partial charge on any atom is 0.261 e. The van der Waals surface area contributed by atoms with Crippen LogP contribution in [-0.2, 0) is 14.6 Å². The van der Waals surface area contributed by atoms with E-state index in [0.717, 1.165) is 9.37 Å². The minimum atomic E-state index is -3.10. The highest BCUT2D eigenvalue weighted by molar-refractivity contribution is 9.10. The van der Waals surface area contributed by atoms with Crippen molar-refractivity contribution in [3.63, 3.8) is 0 Å². The van der Waals surface area contributed by atoms with Crippen LogP contribution in [0, 0.1) is 0 Å². The third-order valence-electron chi connectivity index (χ3n) is 5.00. The summed E-state index contributed by atoms with van der Waals surface area (Å²) in [7, 11) is -3.10. The van der Waals surface area contributed by atoms with E-state index in [2.05, 4.69) is 22.5 Å². The molecule has 2 aliphatic rings. The summed E-state index contributed by atoms with van der Waals surface area (Å²) < 4.78 is 24.1. The third-order valence-corrected chi connectivity index (χ3v) is 7.24. The van der Waals surface area contributed by atoms with Crippen LogP contribution in [0.1, 0.15) is 40.0 Å². The standard InChI is InChI=1S/C19H21BrN2O5S/c1-2-8-21(14-7-10-28(26,27)12-14)17(23)4-3-9-22-18(24)15-6-5-13(20)11-16(15)19(22)25/h2,5-6,11,14H,1,3-4,7-10,12H2. The number of rotatable bonds is 7. The SMILES string of the molecule is C=CCN(C(=O)CCCN1C(=O)c2ccc(Br)cc2C1=O)C1CCS(=O)(=O)C1. The van der Waals surface area contributed by atoms with Crippen LogP contribution in [0.15, 0.2) is 35.3 Å². The molecular formula is C19H21BrN2O5S. The van der Waals surface area contributed by atoms with Gasteiger partial charge >= 0.3 is 0 Å². The summed E-state index contributed by atoms with van der Waals surface area (Å²) in [5.41, 5.74) is 0.721. The zero-order chi connectivity index (χ0) is 20.5. The number of carbonyl (C=O) groups is 3. The first-order valence-corrected chi connectivity index (χ1v) is 11.6. The quantitative estimate of drug-likeness (QED) is 0.450. The van der Waals surface area contributed by atoms with E-state index in [1.165, 1.54) is 4.90 Å². The van der Waals surface area contributed by atoms with Gasteiger partial charge in [0.1, 0.15) is 0 Å². The van der Waals surface area contributed by atoms with E-state index in [9.17, 15) is 22.8 Å². The molecule has 28 heavy (non-hydrogen) atoms. The molecule has 1 fully saturated rings. The summed E-state index contributed by atoms with van der Waals surface area (Å²) in [5.74, 6) is -0.854. The van der Waals surface area contributed by atoms with Gasteiger partial charge in [0.25, 0.3) is 11.8 Å². The highest BCUT2D eigenvalue weighted by Crippen LogP contribution is 2.26. The first-order valence-electron chi connectivity index (χ1n) is 9.00. The predicted octanol–water partition coefficient (Wildman–Crippen LogP) is 2.03. The summed E-state index contributed by atoms with van der Waals surface area (Å²) in [5, 5.41) is 0. The van der Waals surface area contributed by atoms with Gasteiger partial charge in [-0.05, 0) is 31.0 Å². The van der Waals surface area contributed by atoms with Crippen LogP contribution < -0.4 is 0 Å². The molecule has 9 heteroatoms. The predicted molar refractivity (Wildman–Crippen MR) is 108 cm³/mol. The van der Waals surface area contributed by atoms with Gasteiger partial charge in [0.2, 0.25) is 5.91 Å². The second-order valence-corrected chi connectivity index (χ2v) is 10.1. The van der Waals surface area contributed by atoms with Gasteiger partial charge in [-0.15, -0.1) is 6.58 Å². The van der Waals surface area contributed by atoms with Crippen molar-refractivity contribution in [1.29, 1.82) is 0 Å². The van der Waals surface area contributed by atoms with Gasteiger partial charge in [-0.2, -0.15) is 0 Å². The number of nitrogens with zero attached hydrogens (tertiary/aromatic N) is 2. The van der Waals surface area contributed by atoms with Crippen molar-refractivity contribution in [3.05, 3.63) is 46.5 Å². The maximum absolute atomic E-state index is 12.6. The number of halogens is 1. The fourth-order valence-corrected chi connectivity index (χ4v) is 5.70. The average Bonchev–Trinajstić information content (AvgIpc) is 3.11. The first kappa shape index (κ1) is 20.7. The summed E-state index contributed by atoms with van der Waals surface area (Å²) >= 11 is 3.29. The number of imide groups is 1. The first-order chi connectivity index (χ1) is 13.2. The molecular weight excluding hydrogens is 448 g/mol. The second kappa shape index (κ2) is 8.16. The number of hydrogen-bond donors (Lipinski definition) is 0. The Morgan fingerprint density at radius 2 is 2.00 bits per heavy atom. The molecule has 1 unspecified atom stereocenters. The summed E-state index contributed by atoms with van der Waals surface area (Å²) in [6, 6.07) is 4.59. The average molecular weight is 469 g/mol. The zero-order valence-electron chi connectivity index (χ0n) is 15.3. The molecule has 0 aliphatic carbocycles. The molecule has 1 saturated heterocycles. The van der Waals surface area contributed by atoms with E-state index in [-0.39, 0.29) is 54.8 Å². The molecule has 2 aliphatic heterocycles. The van der Waals surface area contributed by atoms with Gasteiger partial charge in [0.05, 0.1) is 22.6 Å². The van der Waals surface area contributed by atoms with E-state index in [1.54, 1.807) is 24.3 Å². The lowest BCUT2D eigenvalue weighted by molar-refractivity contribution is -0.132. The number of benzene rings is 1. The van der Waals surface area contributed by atoms with Crippen LogP contribution in [0.4, 0.5) is 0 Å². The minimum Gasteiger partial charge on any atom is -0.335 e. The van der Waals surface area contributed by atoms with Crippen molar-refractivity contribution in [2.75, 3.05) is 24.6 Å². The molecule has 1 aromatic rings. The molecule has 0 saturated carbocycles. The molecule has 0 aromatic heterocycles. The van der Waals surface area contributed by atoms with Crippen molar-refractivity contribution in [2.24, 2.45) is 0 Å². The summed E-state index contributed by atoms with van der Waals surface area (Å²) in [6.07, 6.45) is 2.44. The van der Waals surface area contributed by atoms with Crippen molar-refractivity contribution in [3.8, 4) is 0 Å². The molecule has 0 spiro atoms. The van der Waals surface area contributed by atoms with Gasteiger partial charge in [-0.1, -0.05) is 22.0 Å². The Labute approximate surface area is 172 Å². The third kappa shape index (κ3) is 4.20. The fraction of sp³-hybridized carbons (Fsp3) is 0.421. The smallest absolute Gasteiger partial charge is 0.261 e. The van der Waals surface area contributed by atoms with Crippen LogP contribution in [-0.4, -0.2) is 66.6 Å². The van der Waals surface area contributed by atoms with Crippen LogP contribution >= 0.6 is 15.9 Å². The maximum atomic E-state index is 12.6. The Hall–Kier alpha value is -2.00. The van der Waals surface area contributed by atoms with Crippen molar-refractivity contribution in [2.45, 2.75) is 25.3 Å². The van der Waals surface area contributed by atoms with Gasteiger partial charge < -0.3 is 4.90 Å². The Kier molecular flexibility index (Phi) is 6.04. The largest absolute Gasteiger partial charge is 0.335 e. The van der Waals surface area contributed by atoms with E-state index in [1.807, 2.05) is 0 Å². The Morgan fingerprint density at radius 3 is 2.64 bits per heavy atom. The van der Waals surface area contributed by atoms with E-state index in [4.69, 9.17) is 0 Å². The molecule has 0 radical (unpaired) electrons. The molecule has 1 atom stereocenters. The molecule has 3 rings (SSSR count). The van der Waals surface area contributed by atoms with Gasteiger partial charge in [0.15, 0.2) is 9.84 Å². The Bertz CT molecular complexity index is 944. The van der Waals surface area contributed by atoms with Crippen LogP contribution in [0.3, 0.4) is 0 Å². The Balaban J connectivity index is 1.59. The molecule has 0 bridgehead atoms. The second-order valence-electron chi connectivity index (χ2n) is 6.95. The molecule has 0 N–H and O–H groups in total. The van der Waals surface area contributed by atoms with E-state index in [0.29, 0.717) is 24.0 Å². The molecule has 1 aromatic carbocycles. The van der Waals surface area contributed by atoms with Crippen molar-refractivity contribution in [1.82, 2.24) is 9.80 Å². The lowest BCUT2D eigenvalue weighted by atomic mass is 10.1. The Morgan fingerprint density at radius 1 is 1.29 bits per heavy atom. The van der Waals surface area contributed by atoms with Crippen LogP contribution in [0.25, 0.3) is 0 Å². The highest BCUT2D eigenvalue weighted by Gasteiger charge is 2.36. The molecule has 3 amide bonds. The topological polar surface area (TPSA) is 91.8 Å². The lowest BCUT2D eigenvalue weighted by Gasteiger charge is -2.27. The van der Waals surface area contributed by atoms with Gasteiger partial charge in [0, 0.05) is 30.0 Å². The minimum absolute atomic E-state index is 0.0279. The number of hydrogen-bond acceptors (Lipinski definition) is 5. The van der Waals surface area contributed by atoms with E-state index >= 15 is 0 Å². The normalized spacial score (nSPS) is 20.3.